The minimum atomic E-state index is -0.911. The van der Waals surface area contributed by atoms with Gasteiger partial charge in [0.25, 0.3) is 5.56 Å². The summed E-state index contributed by atoms with van der Waals surface area (Å²) < 4.78 is 9.23. The molecule has 0 spiro atoms. The summed E-state index contributed by atoms with van der Waals surface area (Å²) in [6.07, 6.45) is 5.37. The molecule has 3 aromatic heterocycles. The van der Waals surface area contributed by atoms with E-state index in [1.807, 2.05) is 55.6 Å². The maximum Gasteiger partial charge on any atom is 0.253 e. The van der Waals surface area contributed by atoms with Gasteiger partial charge in [0.05, 0.1) is 48.7 Å². The first-order chi connectivity index (χ1) is 20.1. The predicted octanol–water partition coefficient (Wildman–Crippen LogP) is 5.17. The lowest BCUT2D eigenvalue weighted by Gasteiger charge is -2.37. The summed E-state index contributed by atoms with van der Waals surface area (Å²) in [7, 11) is 1.76. The zero-order valence-corrected chi connectivity index (χ0v) is 24.8. The molecule has 1 unspecified atom stereocenters. The van der Waals surface area contributed by atoms with E-state index in [1.54, 1.807) is 42.5 Å². The SMILES string of the molecule is Cc1c(-c2ccc3nc(-c4cnn(CC(C)(C)O)c4)nc(N4CCOCC4c4ccc(Cl)cc4)c3c2)ccn(C)c1=O. The number of rotatable bonds is 6. The smallest absolute Gasteiger partial charge is 0.253 e. The van der Waals surface area contributed by atoms with Gasteiger partial charge in [-0.15, -0.1) is 0 Å². The molecule has 5 aromatic rings. The summed E-state index contributed by atoms with van der Waals surface area (Å²) in [6, 6.07) is 15.8. The number of benzene rings is 2. The molecule has 4 heterocycles. The minimum Gasteiger partial charge on any atom is -0.389 e. The Balaban J connectivity index is 1.53. The highest BCUT2D eigenvalue weighted by Gasteiger charge is 2.29. The standard InChI is InChI=1S/C32H33ClN6O3/c1-20-25(11-12-37(4)31(20)40)22-7-10-27-26(15-22)30(36-29(35-27)23-16-34-38(17-23)19-32(2,3)41)39-13-14-42-18-28(39)21-5-8-24(33)9-6-21/h5-12,15-17,28,41H,13-14,18-19H2,1-4H3. The summed E-state index contributed by atoms with van der Waals surface area (Å²) in [5.74, 6) is 1.31. The number of hydrogen-bond acceptors (Lipinski definition) is 7. The van der Waals surface area contributed by atoms with Crippen LogP contribution in [0.5, 0.6) is 0 Å². The molecule has 1 aliphatic heterocycles. The van der Waals surface area contributed by atoms with Gasteiger partial charge in [0.2, 0.25) is 0 Å². The number of nitrogens with zero attached hydrogens (tertiary/aromatic N) is 6. The fourth-order valence-corrected chi connectivity index (χ4v) is 5.61. The van der Waals surface area contributed by atoms with Gasteiger partial charge in [0.1, 0.15) is 5.82 Å². The maximum absolute atomic E-state index is 12.7. The maximum atomic E-state index is 12.7. The van der Waals surface area contributed by atoms with E-state index in [9.17, 15) is 9.90 Å². The zero-order chi connectivity index (χ0) is 29.6. The van der Waals surface area contributed by atoms with Crippen LogP contribution in [0.1, 0.15) is 31.0 Å². The first kappa shape index (κ1) is 28.1. The van der Waals surface area contributed by atoms with Gasteiger partial charge in [-0.3, -0.25) is 9.48 Å². The van der Waals surface area contributed by atoms with Gasteiger partial charge in [0.15, 0.2) is 5.82 Å². The van der Waals surface area contributed by atoms with Gasteiger partial charge >= 0.3 is 0 Å². The van der Waals surface area contributed by atoms with Crippen LogP contribution in [0, 0.1) is 6.92 Å². The normalized spacial score (nSPS) is 15.9. The lowest BCUT2D eigenvalue weighted by atomic mass is 9.99. The van der Waals surface area contributed by atoms with Crippen LogP contribution in [0.3, 0.4) is 0 Å². The number of aryl methyl sites for hydroxylation is 1. The molecule has 0 aliphatic carbocycles. The molecule has 216 valence electrons. The summed E-state index contributed by atoms with van der Waals surface area (Å²) in [4.78, 5) is 25.1. The Bertz CT molecular complexity index is 1820. The van der Waals surface area contributed by atoms with Gasteiger partial charge < -0.3 is 19.3 Å². The Hall–Kier alpha value is -4.05. The molecule has 0 radical (unpaired) electrons. The van der Waals surface area contributed by atoms with Crippen molar-refractivity contribution in [2.75, 3.05) is 24.7 Å². The zero-order valence-electron chi connectivity index (χ0n) is 24.1. The topological polar surface area (TPSA) is 98.3 Å². The first-order valence-electron chi connectivity index (χ1n) is 13.9. The molecule has 42 heavy (non-hydrogen) atoms. The van der Waals surface area contributed by atoms with Crippen molar-refractivity contribution >= 4 is 28.3 Å². The van der Waals surface area contributed by atoms with Crippen LogP contribution >= 0.6 is 11.6 Å². The van der Waals surface area contributed by atoms with Crippen molar-refractivity contribution in [2.24, 2.45) is 7.05 Å². The van der Waals surface area contributed by atoms with E-state index in [0.717, 1.165) is 39.0 Å². The highest BCUT2D eigenvalue weighted by Crippen LogP contribution is 2.37. The monoisotopic (exact) mass is 584 g/mol. The second kappa shape index (κ2) is 11.0. The van der Waals surface area contributed by atoms with Crippen LogP contribution in [-0.4, -0.2) is 54.8 Å². The number of fused-ring (bicyclic) bond motifs is 1. The summed E-state index contributed by atoms with van der Waals surface area (Å²) in [5, 5.41) is 16.3. The minimum absolute atomic E-state index is 0.0292. The third-order valence-electron chi connectivity index (χ3n) is 7.59. The molecule has 1 atom stereocenters. The van der Waals surface area contributed by atoms with Gasteiger partial charge in [0, 0.05) is 42.0 Å². The molecule has 0 amide bonds. The molecule has 9 nitrogen and oxygen atoms in total. The van der Waals surface area contributed by atoms with Crippen molar-refractivity contribution in [2.45, 2.75) is 39.0 Å². The molecule has 2 aromatic carbocycles. The van der Waals surface area contributed by atoms with Gasteiger partial charge in [-0.1, -0.05) is 29.8 Å². The Kier molecular flexibility index (Phi) is 7.34. The summed E-state index contributed by atoms with van der Waals surface area (Å²) >= 11 is 6.21. The van der Waals surface area contributed by atoms with E-state index in [0.29, 0.717) is 42.7 Å². The quantitative estimate of drug-likeness (QED) is 0.294. The molecule has 1 saturated heterocycles. The number of anilines is 1. The third-order valence-corrected chi connectivity index (χ3v) is 7.84. The first-order valence-corrected chi connectivity index (χ1v) is 14.3. The number of halogens is 1. The van der Waals surface area contributed by atoms with E-state index in [2.05, 4.69) is 16.1 Å². The third kappa shape index (κ3) is 5.55. The van der Waals surface area contributed by atoms with Gasteiger partial charge in [-0.25, -0.2) is 9.97 Å². The fraction of sp³-hybridized carbons (Fsp3) is 0.312. The second-order valence-electron chi connectivity index (χ2n) is 11.4. The van der Waals surface area contributed by atoms with E-state index in [-0.39, 0.29) is 11.6 Å². The second-order valence-corrected chi connectivity index (χ2v) is 11.9. The molecule has 0 saturated carbocycles. The van der Waals surface area contributed by atoms with Crippen LogP contribution in [0.15, 0.2) is 71.9 Å². The number of aliphatic hydroxyl groups is 1. The van der Waals surface area contributed by atoms with Crippen LogP contribution in [0.4, 0.5) is 5.82 Å². The van der Waals surface area contributed by atoms with Crippen molar-refractivity contribution in [3.8, 4) is 22.5 Å². The number of aromatic nitrogens is 5. The van der Waals surface area contributed by atoms with E-state index >= 15 is 0 Å². The molecule has 1 N–H and O–H groups in total. The van der Waals surface area contributed by atoms with Crippen molar-refractivity contribution in [3.63, 3.8) is 0 Å². The molecular weight excluding hydrogens is 552 g/mol. The van der Waals surface area contributed by atoms with Gasteiger partial charge in [-0.05, 0) is 67.8 Å². The molecule has 1 fully saturated rings. The number of ether oxygens (including phenoxy) is 1. The van der Waals surface area contributed by atoms with Crippen molar-refractivity contribution < 1.29 is 9.84 Å². The van der Waals surface area contributed by atoms with E-state index in [4.69, 9.17) is 26.3 Å². The van der Waals surface area contributed by atoms with E-state index < -0.39 is 5.60 Å². The molecule has 6 rings (SSSR count). The summed E-state index contributed by atoms with van der Waals surface area (Å²) in [5.41, 5.74) is 4.14. The largest absolute Gasteiger partial charge is 0.389 e. The van der Waals surface area contributed by atoms with E-state index in [1.165, 1.54) is 0 Å². The van der Waals surface area contributed by atoms with Crippen LogP contribution in [-0.2, 0) is 18.3 Å². The average molecular weight is 585 g/mol. The fourth-order valence-electron chi connectivity index (χ4n) is 5.48. The van der Waals surface area contributed by atoms with Crippen molar-refractivity contribution in [1.82, 2.24) is 24.3 Å². The molecule has 0 bridgehead atoms. The number of morpholine rings is 1. The Morgan fingerprint density at radius 3 is 2.64 bits per heavy atom. The number of pyridine rings is 1. The van der Waals surface area contributed by atoms with Gasteiger partial charge in [-0.2, -0.15) is 5.10 Å². The Morgan fingerprint density at radius 1 is 1.10 bits per heavy atom. The van der Waals surface area contributed by atoms with Crippen LogP contribution < -0.4 is 10.5 Å². The molecule has 1 aliphatic rings. The van der Waals surface area contributed by atoms with Crippen molar-refractivity contribution in [3.05, 3.63) is 93.6 Å². The highest BCUT2D eigenvalue weighted by atomic mass is 35.5. The Morgan fingerprint density at radius 2 is 1.88 bits per heavy atom. The molecule has 10 heteroatoms. The number of hydrogen-bond donors (Lipinski definition) is 1. The average Bonchev–Trinajstić information content (AvgIpc) is 3.42. The molecular formula is C32H33ClN6O3. The van der Waals surface area contributed by atoms with Crippen LogP contribution in [0.2, 0.25) is 5.02 Å². The predicted molar refractivity (Wildman–Crippen MR) is 165 cm³/mol. The van der Waals surface area contributed by atoms with Crippen molar-refractivity contribution in [1.29, 1.82) is 0 Å². The van der Waals surface area contributed by atoms with Crippen LogP contribution in [0.25, 0.3) is 33.4 Å². The Labute approximate surface area is 249 Å². The summed E-state index contributed by atoms with van der Waals surface area (Å²) in [6.45, 7) is 7.38. The lowest BCUT2D eigenvalue weighted by molar-refractivity contribution is 0.0577. The lowest BCUT2D eigenvalue weighted by Crippen LogP contribution is -2.40. The highest BCUT2D eigenvalue weighted by molar-refractivity contribution is 6.30.